The lowest BCUT2D eigenvalue weighted by atomic mass is 10.0. The van der Waals surface area contributed by atoms with Gasteiger partial charge in [0.25, 0.3) is 23.3 Å². The SMILES string of the molecule is CN(C)C(=O)c1ccc(-c2ccc(-n3c(N)c4c(cc3=O)C(=O)NC4=O)cc2)cc1. The zero-order valence-corrected chi connectivity index (χ0v) is 16.3. The van der Waals surface area contributed by atoms with Gasteiger partial charge in [0, 0.05) is 25.7 Å². The van der Waals surface area contributed by atoms with Crippen LogP contribution in [0.3, 0.4) is 0 Å². The highest BCUT2D eigenvalue weighted by molar-refractivity contribution is 6.23. The molecule has 0 saturated carbocycles. The molecule has 0 fully saturated rings. The van der Waals surface area contributed by atoms with E-state index in [2.05, 4.69) is 5.32 Å². The molecule has 2 heterocycles. The Labute approximate surface area is 171 Å². The molecule has 3 aromatic rings. The first-order valence-electron chi connectivity index (χ1n) is 9.11. The lowest BCUT2D eigenvalue weighted by Gasteiger charge is -2.13. The maximum atomic E-state index is 12.5. The number of nitrogens with two attached hydrogens (primary N) is 1. The molecular formula is C22H18N4O4. The maximum Gasteiger partial charge on any atom is 0.262 e. The van der Waals surface area contributed by atoms with Gasteiger partial charge in [0.05, 0.1) is 16.8 Å². The Bertz CT molecular complexity index is 1260. The van der Waals surface area contributed by atoms with Gasteiger partial charge in [0.1, 0.15) is 5.82 Å². The van der Waals surface area contributed by atoms with Gasteiger partial charge >= 0.3 is 0 Å². The second kappa shape index (κ2) is 7.00. The van der Waals surface area contributed by atoms with Crippen molar-refractivity contribution in [3.05, 3.63) is 81.6 Å². The van der Waals surface area contributed by atoms with E-state index in [-0.39, 0.29) is 22.9 Å². The molecule has 1 aliphatic rings. The van der Waals surface area contributed by atoms with Crippen LogP contribution in [0.15, 0.2) is 59.4 Å². The van der Waals surface area contributed by atoms with Crippen molar-refractivity contribution >= 4 is 23.5 Å². The highest BCUT2D eigenvalue weighted by Crippen LogP contribution is 2.25. The van der Waals surface area contributed by atoms with E-state index >= 15 is 0 Å². The van der Waals surface area contributed by atoms with Crippen LogP contribution >= 0.6 is 0 Å². The van der Waals surface area contributed by atoms with Gasteiger partial charge in [-0.1, -0.05) is 24.3 Å². The van der Waals surface area contributed by atoms with Crippen molar-refractivity contribution in [2.24, 2.45) is 0 Å². The van der Waals surface area contributed by atoms with E-state index in [1.165, 1.54) is 9.47 Å². The van der Waals surface area contributed by atoms with Crippen molar-refractivity contribution in [3.63, 3.8) is 0 Å². The number of imide groups is 1. The minimum Gasteiger partial charge on any atom is -0.384 e. The van der Waals surface area contributed by atoms with E-state index in [0.29, 0.717) is 11.3 Å². The fourth-order valence-electron chi connectivity index (χ4n) is 3.41. The molecule has 30 heavy (non-hydrogen) atoms. The van der Waals surface area contributed by atoms with Crippen LogP contribution in [-0.4, -0.2) is 41.3 Å². The summed E-state index contributed by atoms with van der Waals surface area (Å²) < 4.78 is 1.19. The van der Waals surface area contributed by atoms with Crippen molar-refractivity contribution in [3.8, 4) is 16.8 Å². The number of benzene rings is 2. The molecular weight excluding hydrogens is 384 g/mol. The maximum absolute atomic E-state index is 12.5. The highest BCUT2D eigenvalue weighted by atomic mass is 16.2. The predicted octanol–water partition coefficient (Wildman–Crippen LogP) is 1.67. The number of nitrogens with zero attached hydrogens (tertiary/aromatic N) is 2. The van der Waals surface area contributed by atoms with Crippen LogP contribution in [0.1, 0.15) is 31.1 Å². The molecule has 0 bridgehead atoms. The molecule has 1 aliphatic heterocycles. The molecule has 0 spiro atoms. The third-order valence-corrected chi connectivity index (χ3v) is 4.95. The number of anilines is 1. The fraction of sp³-hybridized carbons (Fsp3) is 0.0909. The summed E-state index contributed by atoms with van der Waals surface area (Å²) in [5.74, 6) is -1.41. The molecule has 8 heteroatoms. The van der Waals surface area contributed by atoms with Crippen molar-refractivity contribution in [1.29, 1.82) is 0 Å². The Morgan fingerprint density at radius 3 is 2.03 bits per heavy atom. The van der Waals surface area contributed by atoms with Crippen LogP contribution < -0.4 is 16.6 Å². The third-order valence-electron chi connectivity index (χ3n) is 4.95. The van der Waals surface area contributed by atoms with Gasteiger partial charge in [-0.25, -0.2) is 0 Å². The molecule has 3 amide bonds. The first-order valence-corrected chi connectivity index (χ1v) is 9.11. The number of fused-ring (bicyclic) bond motifs is 1. The van der Waals surface area contributed by atoms with Crippen LogP contribution in [-0.2, 0) is 0 Å². The zero-order chi connectivity index (χ0) is 21.6. The molecule has 3 N–H and O–H groups in total. The highest BCUT2D eigenvalue weighted by Gasteiger charge is 2.31. The molecule has 0 atom stereocenters. The first-order chi connectivity index (χ1) is 14.3. The average Bonchev–Trinajstić information content (AvgIpc) is 3.01. The van der Waals surface area contributed by atoms with Crippen molar-refractivity contribution < 1.29 is 14.4 Å². The van der Waals surface area contributed by atoms with E-state index in [0.717, 1.165) is 17.2 Å². The average molecular weight is 402 g/mol. The van der Waals surface area contributed by atoms with E-state index < -0.39 is 17.4 Å². The first kappa shape index (κ1) is 19.1. The van der Waals surface area contributed by atoms with Gasteiger partial charge in [0.2, 0.25) is 0 Å². The lowest BCUT2D eigenvalue weighted by molar-refractivity contribution is 0.0825. The molecule has 0 unspecified atom stereocenters. The number of nitrogen functional groups attached to an aromatic ring is 1. The van der Waals surface area contributed by atoms with Gasteiger partial charge < -0.3 is 10.6 Å². The minimum absolute atomic E-state index is 0.00447. The Hall–Kier alpha value is -4.20. The van der Waals surface area contributed by atoms with Gasteiger partial charge in [-0.2, -0.15) is 0 Å². The molecule has 0 aliphatic carbocycles. The molecule has 4 rings (SSSR count). The second-order valence-electron chi connectivity index (χ2n) is 7.10. The molecule has 0 saturated heterocycles. The summed E-state index contributed by atoms with van der Waals surface area (Å²) in [6, 6.07) is 15.3. The molecule has 0 radical (unpaired) electrons. The summed E-state index contributed by atoms with van der Waals surface area (Å²) in [6.07, 6.45) is 0. The Morgan fingerprint density at radius 2 is 1.47 bits per heavy atom. The molecule has 1 aromatic heterocycles. The lowest BCUT2D eigenvalue weighted by Crippen LogP contribution is -2.24. The summed E-state index contributed by atoms with van der Waals surface area (Å²) >= 11 is 0. The number of pyridine rings is 1. The fourth-order valence-corrected chi connectivity index (χ4v) is 3.41. The monoisotopic (exact) mass is 402 g/mol. The van der Waals surface area contributed by atoms with Gasteiger partial charge in [-0.3, -0.25) is 29.1 Å². The van der Waals surface area contributed by atoms with Crippen molar-refractivity contribution in [2.45, 2.75) is 0 Å². The predicted molar refractivity (Wildman–Crippen MR) is 112 cm³/mol. The Balaban J connectivity index is 1.69. The van der Waals surface area contributed by atoms with Crippen molar-refractivity contribution in [1.82, 2.24) is 14.8 Å². The van der Waals surface area contributed by atoms with E-state index in [1.807, 2.05) is 24.3 Å². The number of aromatic nitrogens is 1. The normalized spacial score (nSPS) is 12.5. The molecule has 8 nitrogen and oxygen atoms in total. The Morgan fingerprint density at radius 1 is 0.900 bits per heavy atom. The number of carbonyl (C=O) groups is 3. The van der Waals surface area contributed by atoms with Crippen LogP contribution in [0.5, 0.6) is 0 Å². The summed E-state index contributed by atoms with van der Waals surface area (Å²) in [6.45, 7) is 0. The third kappa shape index (κ3) is 3.04. The van der Waals surface area contributed by atoms with E-state index in [9.17, 15) is 19.2 Å². The standard InChI is InChI=1S/C22H18N4O4/c1-25(2)22(30)14-5-3-12(4-6-14)13-7-9-15(10-8-13)26-17(27)11-16-18(19(26)23)21(29)24-20(16)28/h3-11H,23H2,1-2H3,(H,24,28,29). The van der Waals surface area contributed by atoms with Crippen LogP contribution in [0.2, 0.25) is 0 Å². The number of hydrogen-bond donors (Lipinski definition) is 2. The van der Waals surface area contributed by atoms with Crippen LogP contribution in [0, 0.1) is 0 Å². The Kier molecular flexibility index (Phi) is 4.46. The topological polar surface area (TPSA) is 114 Å². The summed E-state index contributed by atoms with van der Waals surface area (Å²) in [5.41, 5.74) is 8.38. The van der Waals surface area contributed by atoms with E-state index in [1.54, 1.807) is 38.4 Å². The molecule has 2 aromatic carbocycles. The van der Waals surface area contributed by atoms with Crippen molar-refractivity contribution in [2.75, 3.05) is 19.8 Å². The number of hydrogen-bond acceptors (Lipinski definition) is 5. The van der Waals surface area contributed by atoms with Crippen LogP contribution in [0.25, 0.3) is 16.8 Å². The van der Waals surface area contributed by atoms with E-state index in [4.69, 9.17) is 5.73 Å². The van der Waals surface area contributed by atoms with Crippen LogP contribution in [0.4, 0.5) is 5.82 Å². The largest absolute Gasteiger partial charge is 0.384 e. The summed E-state index contributed by atoms with van der Waals surface area (Å²) in [7, 11) is 3.39. The summed E-state index contributed by atoms with van der Waals surface area (Å²) in [4.78, 5) is 49.8. The molecule has 150 valence electrons. The number of nitrogens with one attached hydrogen (secondary N) is 1. The van der Waals surface area contributed by atoms with Gasteiger partial charge in [-0.05, 0) is 35.4 Å². The quantitative estimate of drug-likeness (QED) is 0.647. The van der Waals surface area contributed by atoms with Gasteiger partial charge in [0.15, 0.2) is 0 Å². The second-order valence-corrected chi connectivity index (χ2v) is 7.10. The number of rotatable bonds is 3. The summed E-state index contributed by atoms with van der Waals surface area (Å²) in [5, 5.41) is 2.14. The van der Waals surface area contributed by atoms with Gasteiger partial charge in [-0.15, -0.1) is 0 Å². The zero-order valence-electron chi connectivity index (χ0n) is 16.3. The smallest absolute Gasteiger partial charge is 0.262 e. The number of amides is 3. The minimum atomic E-state index is -0.627. The number of carbonyl (C=O) groups excluding carboxylic acids is 3.